The maximum Gasteiger partial charge on any atom is 0.220 e. The zero-order valence-corrected chi connectivity index (χ0v) is 9.74. The number of carbonyl (C=O) groups excluding carboxylic acids is 1. The van der Waals surface area contributed by atoms with E-state index in [2.05, 4.69) is 5.32 Å². The van der Waals surface area contributed by atoms with Crippen LogP contribution in [0.25, 0.3) is 0 Å². The van der Waals surface area contributed by atoms with Crippen LogP contribution in [0.3, 0.4) is 0 Å². The van der Waals surface area contributed by atoms with E-state index >= 15 is 0 Å². The summed E-state index contributed by atoms with van der Waals surface area (Å²) in [5, 5.41) is 2.85. The molecule has 1 aliphatic rings. The minimum Gasteiger partial charge on any atom is -0.376 e. The normalized spacial score (nSPS) is 20.7. The van der Waals surface area contributed by atoms with Crippen molar-refractivity contribution in [3.8, 4) is 0 Å². The van der Waals surface area contributed by atoms with Gasteiger partial charge in [-0.2, -0.15) is 0 Å². The summed E-state index contributed by atoms with van der Waals surface area (Å²) in [6.07, 6.45) is 3.51. The van der Waals surface area contributed by atoms with Crippen molar-refractivity contribution < 1.29 is 14.3 Å². The van der Waals surface area contributed by atoms with E-state index in [0.717, 1.165) is 19.3 Å². The van der Waals surface area contributed by atoms with Crippen LogP contribution < -0.4 is 11.1 Å². The van der Waals surface area contributed by atoms with Gasteiger partial charge in [0.25, 0.3) is 0 Å². The van der Waals surface area contributed by atoms with Gasteiger partial charge in [0.15, 0.2) is 0 Å². The van der Waals surface area contributed by atoms with Gasteiger partial charge in [0.1, 0.15) is 0 Å². The van der Waals surface area contributed by atoms with Gasteiger partial charge in [-0.3, -0.25) is 4.79 Å². The molecule has 0 aromatic carbocycles. The number of ether oxygens (including phenoxy) is 2. The molecule has 0 radical (unpaired) electrons. The van der Waals surface area contributed by atoms with Crippen molar-refractivity contribution in [2.45, 2.75) is 31.8 Å². The van der Waals surface area contributed by atoms with Crippen molar-refractivity contribution in [3.63, 3.8) is 0 Å². The van der Waals surface area contributed by atoms with Crippen molar-refractivity contribution >= 4 is 5.91 Å². The third-order valence-corrected chi connectivity index (χ3v) is 2.52. The van der Waals surface area contributed by atoms with Crippen LogP contribution in [0.1, 0.15) is 25.7 Å². The molecule has 94 valence electrons. The number of hydrogen-bond donors (Lipinski definition) is 2. The quantitative estimate of drug-likeness (QED) is 0.605. The Bertz CT molecular complexity index is 194. The van der Waals surface area contributed by atoms with Gasteiger partial charge in [0.2, 0.25) is 5.91 Å². The van der Waals surface area contributed by atoms with E-state index in [1.807, 2.05) is 0 Å². The number of nitrogens with one attached hydrogen (secondary N) is 1. The van der Waals surface area contributed by atoms with Gasteiger partial charge in [0.05, 0.1) is 25.9 Å². The topological polar surface area (TPSA) is 73.6 Å². The monoisotopic (exact) mass is 230 g/mol. The highest BCUT2D eigenvalue weighted by Crippen LogP contribution is 2.01. The zero-order chi connectivity index (χ0) is 11.6. The van der Waals surface area contributed by atoms with Crippen LogP contribution in [-0.4, -0.2) is 44.9 Å². The first-order valence-corrected chi connectivity index (χ1v) is 5.99. The Hall–Kier alpha value is -0.650. The van der Waals surface area contributed by atoms with E-state index in [0.29, 0.717) is 39.3 Å². The fourth-order valence-corrected chi connectivity index (χ4v) is 1.58. The Morgan fingerprint density at radius 1 is 1.31 bits per heavy atom. The van der Waals surface area contributed by atoms with E-state index in [9.17, 15) is 4.79 Å². The lowest BCUT2D eigenvalue weighted by Gasteiger charge is -2.23. The van der Waals surface area contributed by atoms with E-state index < -0.39 is 0 Å². The summed E-state index contributed by atoms with van der Waals surface area (Å²) in [5.74, 6) is 0.0891. The summed E-state index contributed by atoms with van der Waals surface area (Å²) in [5.41, 5.74) is 5.37. The molecule has 1 aliphatic heterocycles. The first-order chi connectivity index (χ1) is 7.83. The molecule has 5 nitrogen and oxygen atoms in total. The Morgan fingerprint density at radius 2 is 2.19 bits per heavy atom. The molecule has 1 unspecified atom stereocenters. The summed E-state index contributed by atoms with van der Waals surface area (Å²) in [4.78, 5) is 11.4. The largest absolute Gasteiger partial charge is 0.376 e. The van der Waals surface area contributed by atoms with Gasteiger partial charge in [0, 0.05) is 13.0 Å². The molecule has 0 aromatic rings. The minimum atomic E-state index is 0.0155. The van der Waals surface area contributed by atoms with Crippen LogP contribution in [0.5, 0.6) is 0 Å². The second-order valence-corrected chi connectivity index (χ2v) is 3.97. The maximum absolute atomic E-state index is 11.4. The number of rotatable bonds is 7. The molecule has 0 aromatic heterocycles. The SMILES string of the molecule is NCCCCCC(=O)NCC1COCCO1. The van der Waals surface area contributed by atoms with Crippen molar-refractivity contribution in [3.05, 3.63) is 0 Å². The molecular formula is C11H22N2O3. The van der Waals surface area contributed by atoms with E-state index in [1.54, 1.807) is 0 Å². The standard InChI is InChI=1S/C11H22N2O3/c12-5-3-1-2-4-11(14)13-8-10-9-15-6-7-16-10/h10H,1-9,12H2,(H,13,14). The molecule has 1 atom stereocenters. The fraction of sp³-hybridized carbons (Fsp3) is 0.909. The zero-order valence-electron chi connectivity index (χ0n) is 9.74. The highest BCUT2D eigenvalue weighted by molar-refractivity contribution is 5.75. The molecule has 1 fully saturated rings. The van der Waals surface area contributed by atoms with Crippen molar-refractivity contribution in [2.24, 2.45) is 5.73 Å². The van der Waals surface area contributed by atoms with Crippen LogP contribution in [0, 0.1) is 0 Å². The molecule has 3 N–H and O–H groups in total. The van der Waals surface area contributed by atoms with Crippen molar-refractivity contribution in [1.29, 1.82) is 0 Å². The van der Waals surface area contributed by atoms with E-state index in [4.69, 9.17) is 15.2 Å². The van der Waals surface area contributed by atoms with Crippen LogP contribution in [0.2, 0.25) is 0 Å². The molecule has 5 heteroatoms. The van der Waals surface area contributed by atoms with E-state index in [1.165, 1.54) is 0 Å². The Balaban J connectivity index is 1.96. The van der Waals surface area contributed by atoms with Gasteiger partial charge in [-0.05, 0) is 19.4 Å². The van der Waals surface area contributed by atoms with Crippen LogP contribution in [0.15, 0.2) is 0 Å². The number of hydrogen-bond acceptors (Lipinski definition) is 4. The molecule has 0 aliphatic carbocycles. The molecule has 1 heterocycles. The van der Waals surface area contributed by atoms with Crippen LogP contribution in [-0.2, 0) is 14.3 Å². The molecule has 1 rings (SSSR count). The van der Waals surface area contributed by atoms with Crippen molar-refractivity contribution in [2.75, 3.05) is 32.9 Å². The number of amides is 1. The Morgan fingerprint density at radius 3 is 2.88 bits per heavy atom. The first-order valence-electron chi connectivity index (χ1n) is 5.99. The summed E-state index contributed by atoms with van der Waals surface area (Å²) in [6, 6.07) is 0. The predicted molar refractivity (Wildman–Crippen MR) is 61.1 cm³/mol. The lowest BCUT2D eigenvalue weighted by molar-refractivity contribution is -0.124. The van der Waals surface area contributed by atoms with Gasteiger partial charge < -0.3 is 20.5 Å². The Labute approximate surface area is 96.7 Å². The second-order valence-electron chi connectivity index (χ2n) is 3.97. The second kappa shape index (κ2) is 8.50. The average Bonchev–Trinajstić information content (AvgIpc) is 2.33. The number of unbranched alkanes of at least 4 members (excludes halogenated alkanes) is 2. The van der Waals surface area contributed by atoms with Crippen molar-refractivity contribution in [1.82, 2.24) is 5.32 Å². The smallest absolute Gasteiger partial charge is 0.220 e. The van der Waals surface area contributed by atoms with Gasteiger partial charge in [-0.25, -0.2) is 0 Å². The lowest BCUT2D eigenvalue weighted by atomic mass is 10.2. The number of carbonyl (C=O) groups is 1. The number of nitrogens with two attached hydrogens (primary N) is 1. The molecule has 16 heavy (non-hydrogen) atoms. The van der Waals surface area contributed by atoms with Gasteiger partial charge in [-0.1, -0.05) is 6.42 Å². The lowest BCUT2D eigenvalue weighted by Crippen LogP contribution is -2.39. The third kappa shape index (κ3) is 6.05. The summed E-state index contributed by atoms with van der Waals surface area (Å²) in [6.45, 7) is 3.11. The van der Waals surface area contributed by atoms with Crippen LogP contribution >= 0.6 is 0 Å². The summed E-state index contributed by atoms with van der Waals surface area (Å²) in [7, 11) is 0. The summed E-state index contributed by atoms with van der Waals surface area (Å²) >= 11 is 0. The minimum absolute atomic E-state index is 0.0155. The van der Waals surface area contributed by atoms with Crippen LogP contribution in [0.4, 0.5) is 0 Å². The first kappa shape index (κ1) is 13.4. The average molecular weight is 230 g/mol. The highest BCUT2D eigenvalue weighted by atomic mass is 16.6. The molecule has 0 spiro atoms. The predicted octanol–water partition coefficient (Wildman–Crippen LogP) is 0.0371. The molecule has 1 amide bonds. The third-order valence-electron chi connectivity index (χ3n) is 2.52. The van der Waals surface area contributed by atoms with Gasteiger partial charge in [-0.15, -0.1) is 0 Å². The highest BCUT2D eigenvalue weighted by Gasteiger charge is 2.14. The Kier molecular flexibility index (Phi) is 7.12. The molecule has 0 bridgehead atoms. The maximum atomic E-state index is 11.4. The molecule has 1 saturated heterocycles. The summed E-state index contributed by atoms with van der Waals surface area (Å²) < 4.78 is 10.7. The van der Waals surface area contributed by atoms with E-state index in [-0.39, 0.29) is 12.0 Å². The van der Waals surface area contributed by atoms with Gasteiger partial charge >= 0.3 is 0 Å². The fourth-order valence-electron chi connectivity index (χ4n) is 1.58. The molecular weight excluding hydrogens is 208 g/mol. The molecule has 0 saturated carbocycles.